The van der Waals surface area contributed by atoms with Crippen molar-refractivity contribution in [3.63, 3.8) is 0 Å². The molecule has 0 aromatic heterocycles. The van der Waals surface area contributed by atoms with Crippen molar-refractivity contribution in [1.82, 2.24) is 0 Å². The summed E-state index contributed by atoms with van der Waals surface area (Å²) in [7, 11) is -3.36. The van der Waals surface area contributed by atoms with Crippen molar-refractivity contribution < 1.29 is 36.4 Å². The van der Waals surface area contributed by atoms with Gasteiger partial charge in [-0.15, -0.1) is 0 Å². The Morgan fingerprint density at radius 1 is 1.07 bits per heavy atom. The number of hydrogen-bond acceptors (Lipinski definition) is 2. The van der Waals surface area contributed by atoms with Gasteiger partial charge in [0, 0.05) is 0 Å². The van der Waals surface area contributed by atoms with Crippen LogP contribution in [-0.2, 0) is 0 Å². The monoisotopic (exact) mass is 232 g/mol. The molecule has 0 saturated carbocycles. The number of allylic oxidation sites excluding steroid dienone is 4. The highest BCUT2D eigenvalue weighted by Gasteiger charge is 2.61. The molecule has 1 aliphatic rings. The third-order valence-electron chi connectivity index (χ3n) is 1.90. The molecule has 0 saturated heterocycles. The molecule has 0 aromatic carbocycles. The van der Waals surface area contributed by atoms with Gasteiger partial charge in [-0.2, -0.15) is 0 Å². The summed E-state index contributed by atoms with van der Waals surface area (Å²) in [6.07, 6.45) is -3.66. The van der Waals surface area contributed by atoms with Crippen LogP contribution in [-0.4, -0.2) is 28.9 Å². The largest absolute Gasteiger partial charge is 0.502 e. The van der Waals surface area contributed by atoms with Crippen LogP contribution < -0.4 is 0 Å². The van der Waals surface area contributed by atoms with Gasteiger partial charge in [-0.05, 0) is 0 Å². The number of halogens is 6. The molecule has 0 heterocycles. The SMILES string of the molecule is OB(O)C1(F)C(F)=C(F)C(F)=C(F)C1F. The van der Waals surface area contributed by atoms with Crippen LogP contribution in [0.15, 0.2) is 23.3 Å². The summed E-state index contributed by atoms with van der Waals surface area (Å²) in [5, 5.41) is 16.6. The Labute approximate surface area is 79.7 Å². The quantitative estimate of drug-likeness (QED) is 0.529. The van der Waals surface area contributed by atoms with Gasteiger partial charge in [-0.25, -0.2) is 26.3 Å². The standard InChI is InChI=1S/C6H3BF6O2/c8-1-2(9)4(11)6(13,7(14)15)5(12)3(1)10/h4,14-15H. The highest BCUT2D eigenvalue weighted by atomic mass is 19.2. The molecule has 0 amide bonds. The first-order chi connectivity index (χ1) is 6.74. The van der Waals surface area contributed by atoms with Gasteiger partial charge in [-0.1, -0.05) is 0 Å². The maximum absolute atomic E-state index is 13.2. The molecule has 0 spiro atoms. The Hall–Kier alpha value is -0.955. The zero-order valence-electron chi connectivity index (χ0n) is 6.82. The lowest BCUT2D eigenvalue weighted by atomic mass is 9.64. The van der Waals surface area contributed by atoms with Gasteiger partial charge < -0.3 is 10.0 Å². The van der Waals surface area contributed by atoms with Crippen LogP contribution in [0.4, 0.5) is 26.3 Å². The second-order valence-electron chi connectivity index (χ2n) is 2.79. The third-order valence-corrected chi connectivity index (χ3v) is 1.90. The fourth-order valence-electron chi connectivity index (χ4n) is 1.02. The summed E-state index contributed by atoms with van der Waals surface area (Å²) in [5.74, 6) is -10.5. The summed E-state index contributed by atoms with van der Waals surface area (Å²) in [5.41, 5.74) is -4.37. The Morgan fingerprint density at radius 2 is 1.53 bits per heavy atom. The minimum Gasteiger partial charge on any atom is -0.425 e. The molecule has 0 aliphatic heterocycles. The highest BCUT2D eigenvalue weighted by molar-refractivity contribution is 6.46. The first kappa shape index (κ1) is 12.1. The molecule has 2 unspecified atom stereocenters. The van der Waals surface area contributed by atoms with Gasteiger partial charge in [0.2, 0.25) is 5.57 Å². The summed E-state index contributed by atoms with van der Waals surface area (Å²) < 4.78 is 75.9. The molecule has 2 N–H and O–H groups in total. The molecule has 1 aliphatic carbocycles. The fourth-order valence-corrected chi connectivity index (χ4v) is 1.02. The molecule has 0 bridgehead atoms. The van der Waals surface area contributed by atoms with E-state index < -0.39 is 42.2 Å². The maximum Gasteiger partial charge on any atom is 0.502 e. The topological polar surface area (TPSA) is 40.5 Å². The van der Waals surface area contributed by atoms with Crippen LogP contribution in [0, 0.1) is 0 Å². The summed E-state index contributed by atoms with van der Waals surface area (Å²) in [4.78, 5) is 0. The highest BCUT2D eigenvalue weighted by Crippen LogP contribution is 2.44. The summed E-state index contributed by atoms with van der Waals surface area (Å²) in [6.45, 7) is 0. The fraction of sp³-hybridized carbons (Fsp3) is 0.333. The average molecular weight is 232 g/mol. The zero-order valence-corrected chi connectivity index (χ0v) is 6.82. The van der Waals surface area contributed by atoms with Crippen molar-refractivity contribution in [3.05, 3.63) is 23.3 Å². The minimum absolute atomic E-state index is 2.53. The Kier molecular flexibility index (Phi) is 2.88. The Balaban J connectivity index is 3.39. The lowest BCUT2D eigenvalue weighted by Crippen LogP contribution is -2.53. The summed E-state index contributed by atoms with van der Waals surface area (Å²) in [6, 6.07) is 0. The number of hydrogen-bond donors (Lipinski definition) is 2. The van der Waals surface area contributed by atoms with E-state index in [1.807, 2.05) is 0 Å². The molecule has 2 nitrogen and oxygen atoms in total. The van der Waals surface area contributed by atoms with Crippen LogP contribution in [0.1, 0.15) is 0 Å². The molecule has 0 fully saturated rings. The van der Waals surface area contributed by atoms with Gasteiger partial charge >= 0.3 is 7.12 Å². The van der Waals surface area contributed by atoms with Crippen LogP contribution in [0.5, 0.6) is 0 Å². The molecule has 84 valence electrons. The van der Waals surface area contributed by atoms with E-state index in [1.54, 1.807) is 0 Å². The molecule has 1 rings (SSSR count). The minimum atomic E-state index is -4.37. The first-order valence-electron chi connectivity index (χ1n) is 3.55. The van der Waals surface area contributed by atoms with Crippen molar-refractivity contribution in [3.8, 4) is 0 Å². The molecule has 2 atom stereocenters. The lowest BCUT2D eigenvalue weighted by molar-refractivity contribution is 0.0899. The van der Waals surface area contributed by atoms with E-state index in [9.17, 15) is 26.3 Å². The molecule has 0 radical (unpaired) electrons. The second-order valence-corrected chi connectivity index (χ2v) is 2.79. The first-order valence-corrected chi connectivity index (χ1v) is 3.55. The number of alkyl halides is 2. The van der Waals surface area contributed by atoms with Crippen LogP contribution >= 0.6 is 0 Å². The van der Waals surface area contributed by atoms with E-state index in [-0.39, 0.29) is 0 Å². The van der Waals surface area contributed by atoms with E-state index in [2.05, 4.69) is 0 Å². The van der Waals surface area contributed by atoms with Crippen molar-refractivity contribution in [1.29, 1.82) is 0 Å². The smallest absolute Gasteiger partial charge is 0.425 e. The molecular formula is C6H3BF6O2. The average Bonchev–Trinajstić information content (AvgIpc) is 2.20. The Bertz CT molecular complexity index is 354. The van der Waals surface area contributed by atoms with Crippen LogP contribution in [0.3, 0.4) is 0 Å². The van der Waals surface area contributed by atoms with Crippen LogP contribution in [0.2, 0.25) is 0 Å². The van der Waals surface area contributed by atoms with Crippen LogP contribution in [0.25, 0.3) is 0 Å². The van der Waals surface area contributed by atoms with Gasteiger partial charge in [-0.3, -0.25) is 0 Å². The maximum atomic E-state index is 13.2. The van der Waals surface area contributed by atoms with Crippen molar-refractivity contribution in [2.75, 3.05) is 0 Å². The van der Waals surface area contributed by atoms with Gasteiger partial charge in [0.1, 0.15) is 0 Å². The van der Waals surface area contributed by atoms with Gasteiger partial charge in [0.25, 0.3) is 0 Å². The Morgan fingerprint density at radius 3 is 1.93 bits per heavy atom. The third kappa shape index (κ3) is 1.46. The van der Waals surface area contributed by atoms with Gasteiger partial charge in [0.15, 0.2) is 29.5 Å². The molecule has 0 aromatic rings. The van der Waals surface area contributed by atoms with E-state index in [1.165, 1.54) is 0 Å². The van der Waals surface area contributed by atoms with E-state index in [0.29, 0.717) is 0 Å². The number of rotatable bonds is 1. The predicted octanol–water partition coefficient (Wildman–Crippen LogP) is 1.36. The summed E-state index contributed by atoms with van der Waals surface area (Å²) >= 11 is 0. The van der Waals surface area contributed by atoms with Crippen molar-refractivity contribution >= 4 is 7.12 Å². The van der Waals surface area contributed by atoms with E-state index >= 15 is 0 Å². The zero-order chi connectivity index (χ0) is 12.0. The van der Waals surface area contributed by atoms with Crippen molar-refractivity contribution in [2.24, 2.45) is 0 Å². The van der Waals surface area contributed by atoms with Gasteiger partial charge in [0.05, 0.1) is 0 Å². The van der Waals surface area contributed by atoms with Crippen molar-refractivity contribution in [2.45, 2.75) is 11.7 Å². The second kappa shape index (κ2) is 3.56. The molecule has 9 heteroatoms. The lowest BCUT2D eigenvalue weighted by Gasteiger charge is -2.28. The molecule has 15 heavy (non-hydrogen) atoms. The molecular weight excluding hydrogens is 229 g/mol. The predicted molar refractivity (Wildman–Crippen MR) is 37.4 cm³/mol. The van der Waals surface area contributed by atoms with E-state index in [4.69, 9.17) is 10.0 Å². The van der Waals surface area contributed by atoms with E-state index in [0.717, 1.165) is 0 Å². The normalized spacial score (nSPS) is 32.4.